The number of hydrogen-bond donors (Lipinski definition) is 1. The van der Waals surface area contributed by atoms with Gasteiger partial charge in [0.25, 0.3) is 0 Å². The van der Waals surface area contributed by atoms with Crippen molar-refractivity contribution in [3.05, 3.63) is 0 Å². The van der Waals surface area contributed by atoms with Crippen molar-refractivity contribution in [2.45, 2.75) is 97.0 Å². The van der Waals surface area contributed by atoms with Gasteiger partial charge in [-0.1, -0.05) is 78.1 Å². The quantitative estimate of drug-likeness (QED) is 0.421. The summed E-state index contributed by atoms with van der Waals surface area (Å²) in [6.07, 6.45) is 15.4. The van der Waals surface area contributed by atoms with Crippen molar-refractivity contribution < 1.29 is 9.84 Å². The predicted molar refractivity (Wildman–Crippen MR) is 83.6 cm³/mol. The molecule has 0 saturated heterocycles. The maximum absolute atomic E-state index is 9.26. The maximum Gasteiger partial charge on any atom is 0.0805 e. The average molecular weight is 272 g/mol. The third-order valence-corrected chi connectivity index (χ3v) is 3.68. The van der Waals surface area contributed by atoms with E-state index >= 15 is 0 Å². The minimum absolute atomic E-state index is 0.0805. The van der Waals surface area contributed by atoms with Crippen LogP contribution in [0.3, 0.4) is 0 Å². The number of aliphatic hydroxyl groups excluding tert-OH is 1. The topological polar surface area (TPSA) is 29.5 Å². The lowest BCUT2D eigenvalue weighted by Crippen LogP contribution is -2.18. The Balaban J connectivity index is 3.26. The highest BCUT2D eigenvalue weighted by Gasteiger charge is 2.06. The number of ether oxygens (including phenoxy) is 1. The molecule has 0 fully saturated rings. The van der Waals surface area contributed by atoms with Gasteiger partial charge >= 0.3 is 0 Å². The Morgan fingerprint density at radius 2 is 1.26 bits per heavy atom. The molecule has 0 aliphatic heterocycles. The minimum Gasteiger partial charge on any atom is -0.394 e. The van der Waals surface area contributed by atoms with E-state index in [1.165, 1.54) is 64.2 Å². The fourth-order valence-electron chi connectivity index (χ4n) is 2.34. The van der Waals surface area contributed by atoms with Gasteiger partial charge in [-0.3, -0.25) is 0 Å². The number of aliphatic hydroxyl groups is 1. The van der Waals surface area contributed by atoms with Gasteiger partial charge in [0.15, 0.2) is 0 Å². The van der Waals surface area contributed by atoms with Gasteiger partial charge in [-0.05, 0) is 12.8 Å². The Bertz CT molecular complexity index is 159. The molecule has 19 heavy (non-hydrogen) atoms. The largest absolute Gasteiger partial charge is 0.394 e. The van der Waals surface area contributed by atoms with E-state index in [9.17, 15) is 5.11 Å². The van der Waals surface area contributed by atoms with E-state index in [4.69, 9.17) is 4.74 Å². The molecule has 0 amide bonds. The number of hydrogen-bond acceptors (Lipinski definition) is 2. The van der Waals surface area contributed by atoms with Gasteiger partial charge in [-0.15, -0.1) is 0 Å². The molecular weight excluding hydrogens is 236 g/mol. The van der Waals surface area contributed by atoms with Crippen LogP contribution < -0.4 is 0 Å². The zero-order valence-electron chi connectivity index (χ0n) is 13.3. The van der Waals surface area contributed by atoms with Crippen molar-refractivity contribution in [1.82, 2.24) is 0 Å². The fourth-order valence-corrected chi connectivity index (χ4v) is 2.34. The van der Waals surface area contributed by atoms with E-state index in [0.29, 0.717) is 0 Å². The third kappa shape index (κ3) is 14.1. The van der Waals surface area contributed by atoms with Crippen LogP contribution in [0, 0.1) is 0 Å². The van der Waals surface area contributed by atoms with Crippen LogP contribution in [0.4, 0.5) is 0 Å². The van der Waals surface area contributed by atoms with Crippen LogP contribution >= 0.6 is 0 Å². The molecular formula is C17H36O2. The third-order valence-electron chi connectivity index (χ3n) is 3.68. The molecule has 2 nitrogen and oxygen atoms in total. The van der Waals surface area contributed by atoms with Gasteiger partial charge in [-0.2, -0.15) is 0 Å². The lowest BCUT2D eigenvalue weighted by atomic mass is 10.1. The summed E-state index contributed by atoms with van der Waals surface area (Å²) in [6, 6.07) is 0. The molecule has 0 bridgehead atoms. The first-order chi connectivity index (χ1) is 9.35. The van der Waals surface area contributed by atoms with E-state index in [1.807, 2.05) is 0 Å². The van der Waals surface area contributed by atoms with Crippen LogP contribution in [-0.4, -0.2) is 24.4 Å². The number of rotatable bonds is 15. The first-order valence-electron chi connectivity index (χ1n) is 8.57. The molecule has 1 unspecified atom stereocenters. The van der Waals surface area contributed by atoms with Crippen LogP contribution in [0.5, 0.6) is 0 Å². The van der Waals surface area contributed by atoms with Gasteiger partial charge in [-0.25, -0.2) is 0 Å². The summed E-state index contributed by atoms with van der Waals surface area (Å²) in [6.45, 7) is 5.46. The average Bonchev–Trinajstić information content (AvgIpc) is 2.44. The second kappa shape index (κ2) is 16.0. The second-order valence-corrected chi connectivity index (χ2v) is 5.65. The van der Waals surface area contributed by atoms with Crippen molar-refractivity contribution in [1.29, 1.82) is 0 Å². The monoisotopic (exact) mass is 272 g/mol. The first kappa shape index (κ1) is 18.9. The highest BCUT2D eigenvalue weighted by Crippen LogP contribution is 2.12. The lowest BCUT2D eigenvalue weighted by molar-refractivity contribution is 0.00510. The van der Waals surface area contributed by atoms with Crippen LogP contribution in [0.2, 0.25) is 0 Å². The minimum atomic E-state index is 0.0805. The van der Waals surface area contributed by atoms with Crippen molar-refractivity contribution in [3.8, 4) is 0 Å². The van der Waals surface area contributed by atoms with Crippen LogP contribution in [0.15, 0.2) is 0 Å². The predicted octanol–water partition coefficient (Wildman–Crippen LogP) is 5.08. The summed E-state index contributed by atoms with van der Waals surface area (Å²) in [7, 11) is 0. The zero-order chi connectivity index (χ0) is 14.2. The first-order valence-corrected chi connectivity index (χ1v) is 8.57. The molecule has 1 atom stereocenters. The van der Waals surface area contributed by atoms with Crippen molar-refractivity contribution in [3.63, 3.8) is 0 Å². The fraction of sp³-hybridized carbons (Fsp3) is 1.00. The zero-order valence-corrected chi connectivity index (χ0v) is 13.3. The SMILES string of the molecule is CCCCCCCCCCC(CO)OCCCCC. The smallest absolute Gasteiger partial charge is 0.0805 e. The molecule has 0 aromatic rings. The Morgan fingerprint density at radius 1 is 0.737 bits per heavy atom. The molecule has 0 aromatic heterocycles. The summed E-state index contributed by atoms with van der Waals surface area (Å²) in [5.41, 5.74) is 0. The molecule has 1 N–H and O–H groups in total. The Labute approximate surface area is 120 Å². The van der Waals surface area contributed by atoms with Crippen molar-refractivity contribution in [2.24, 2.45) is 0 Å². The highest BCUT2D eigenvalue weighted by atomic mass is 16.5. The molecule has 0 aliphatic carbocycles. The molecule has 0 radical (unpaired) electrons. The van der Waals surface area contributed by atoms with Gasteiger partial charge in [0, 0.05) is 6.61 Å². The molecule has 116 valence electrons. The second-order valence-electron chi connectivity index (χ2n) is 5.65. The Hall–Kier alpha value is -0.0800. The standard InChI is InChI=1S/C17H36O2/c1-3-5-7-8-9-10-11-12-14-17(16-18)19-15-13-6-4-2/h17-18H,3-16H2,1-2H3. The summed E-state index contributed by atoms with van der Waals surface area (Å²) < 4.78 is 5.70. The molecule has 0 spiro atoms. The Morgan fingerprint density at radius 3 is 1.84 bits per heavy atom. The normalized spacial score (nSPS) is 12.8. The van der Waals surface area contributed by atoms with Crippen LogP contribution in [0.1, 0.15) is 90.9 Å². The maximum atomic E-state index is 9.26. The molecule has 2 heteroatoms. The molecule has 0 heterocycles. The van der Waals surface area contributed by atoms with Gasteiger partial charge < -0.3 is 9.84 Å². The number of unbranched alkanes of at least 4 members (excludes halogenated alkanes) is 9. The van der Waals surface area contributed by atoms with E-state index in [0.717, 1.165) is 19.4 Å². The lowest BCUT2D eigenvalue weighted by Gasteiger charge is -2.15. The summed E-state index contributed by atoms with van der Waals surface area (Å²) >= 11 is 0. The van der Waals surface area contributed by atoms with E-state index in [-0.39, 0.29) is 12.7 Å². The summed E-state index contributed by atoms with van der Waals surface area (Å²) in [4.78, 5) is 0. The Kier molecular flexibility index (Phi) is 15.9. The summed E-state index contributed by atoms with van der Waals surface area (Å²) in [5.74, 6) is 0. The van der Waals surface area contributed by atoms with Crippen molar-refractivity contribution in [2.75, 3.05) is 13.2 Å². The van der Waals surface area contributed by atoms with Crippen LogP contribution in [-0.2, 0) is 4.74 Å². The highest BCUT2D eigenvalue weighted by molar-refractivity contribution is 4.57. The molecule has 0 aromatic carbocycles. The van der Waals surface area contributed by atoms with Gasteiger partial charge in [0.1, 0.15) is 0 Å². The molecule has 0 rings (SSSR count). The van der Waals surface area contributed by atoms with Gasteiger partial charge in [0.2, 0.25) is 0 Å². The molecule has 0 saturated carbocycles. The van der Waals surface area contributed by atoms with E-state index in [1.54, 1.807) is 0 Å². The molecule has 0 aliphatic rings. The van der Waals surface area contributed by atoms with Crippen molar-refractivity contribution >= 4 is 0 Å². The summed E-state index contributed by atoms with van der Waals surface area (Å²) in [5, 5.41) is 9.26. The van der Waals surface area contributed by atoms with Gasteiger partial charge in [0.05, 0.1) is 12.7 Å². The van der Waals surface area contributed by atoms with Crippen LogP contribution in [0.25, 0.3) is 0 Å². The van der Waals surface area contributed by atoms with E-state index in [2.05, 4.69) is 13.8 Å². The van der Waals surface area contributed by atoms with E-state index < -0.39 is 0 Å².